The molecule has 0 fully saturated rings. The maximum absolute atomic E-state index is 14.2. The molecule has 5 nitrogen and oxygen atoms in total. The number of benzene rings is 2. The summed E-state index contributed by atoms with van der Waals surface area (Å²) in [5.41, 5.74) is 9.72. The number of hydrogen-bond acceptors (Lipinski definition) is 3. The Morgan fingerprint density at radius 3 is 2.47 bits per heavy atom. The van der Waals surface area contributed by atoms with Crippen molar-refractivity contribution in [3.05, 3.63) is 77.4 Å². The molecular weight excluding hydrogens is 401 g/mol. The third-order valence-corrected chi connectivity index (χ3v) is 4.57. The number of nitrogens with two attached hydrogens (primary N) is 1. The molecule has 0 atom stereocenters. The Hall–Kier alpha value is -3.54. The van der Waals surface area contributed by atoms with Crippen LogP contribution in [0, 0.1) is 5.82 Å². The number of aryl methyl sites for hydroxylation is 1. The Morgan fingerprint density at radius 1 is 1.09 bits per heavy atom. The van der Waals surface area contributed by atoms with E-state index in [1.807, 2.05) is 62.4 Å². The lowest BCUT2D eigenvalue weighted by Crippen LogP contribution is -2.04. The molecule has 0 saturated heterocycles. The number of nitrogens with one attached hydrogen (secondary N) is 1. The highest BCUT2D eigenvalue weighted by Crippen LogP contribution is 2.20. The summed E-state index contributed by atoms with van der Waals surface area (Å²) in [5.74, 6) is 1.04. The van der Waals surface area contributed by atoms with Crippen LogP contribution in [0.3, 0.4) is 0 Å². The Labute approximate surface area is 190 Å². The zero-order chi connectivity index (χ0) is 23.3. The SMILES string of the molecule is CC/C=C(/N=C\C=C(/C)c1ccc(CCC)c(F)c1)Nc1ccc(N=CN=C(C)N)cc1. The average molecular weight is 434 g/mol. The lowest BCUT2D eigenvalue weighted by molar-refractivity contribution is 0.607. The highest BCUT2D eigenvalue weighted by atomic mass is 19.1. The largest absolute Gasteiger partial charge is 0.387 e. The summed E-state index contributed by atoms with van der Waals surface area (Å²) in [7, 11) is 0. The van der Waals surface area contributed by atoms with Crippen LogP contribution >= 0.6 is 0 Å². The minimum atomic E-state index is -0.153. The van der Waals surface area contributed by atoms with Crippen molar-refractivity contribution in [2.75, 3.05) is 5.32 Å². The number of anilines is 1. The van der Waals surface area contributed by atoms with E-state index < -0.39 is 0 Å². The van der Waals surface area contributed by atoms with Gasteiger partial charge in [0, 0.05) is 11.9 Å². The number of nitrogens with zero attached hydrogens (tertiary/aromatic N) is 3. The van der Waals surface area contributed by atoms with E-state index in [1.54, 1.807) is 19.2 Å². The van der Waals surface area contributed by atoms with Gasteiger partial charge in [-0.3, -0.25) is 0 Å². The van der Waals surface area contributed by atoms with Crippen molar-refractivity contribution in [3.8, 4) is 0 Å². The summed E-state index contributed by atoms with van der Waals surface area (Å²) in [6.45, 7) is 7.76. The smallest absolute Gasteiger partial charge is 0.127 e. The van der Waals surface area contributed by atoms with Gasteiger partial charge in [-0.15, -0.1) is 0 Å². The number of rotatable bonds is 10. The summed E-state index contributed by atoms with van der Waals surface area (Å²) in [6.07, 6.45) is 9.57. The molecule has 32 heavy (non-hydrogen) atoms. The van der Waals surface area contributed by atoms with Gasteiger partial charge in [0.05, 0.1) is 11.5 Å². The Bertz CT molecular complexity index is 1030. The van der Waals surface area contributed by atoms with Crippen LogP contribution in [0.2, 0.25) is 0 Å². The van der Waals surface area contributed by atoms with E-state index in [0.717, 1.165) is 53.2 Å². The van der Waals surface area contributed by atoms with Crippen molar-refractivity contribution in [1.29, 1.82) is 0 Å². The third-order valence-electron chi connectivity index (χ3n) is 4.57. The fourth-order valence-electron chi connectivity index (χ4n) is 2.88. The monoisotopic (exact) mass is 433 g/mol. The molecule has 0 spiro atoms. The first-order chi connectivity index (χ1) is 15.4. The molecule has 0 aromatic heterocycles. The maximum atomic E-state index is 14.2. The summed E-state index contributed by atoms with van der Waals surface area (Å²) < 4.78 is 14.2. The first-order valence-corrected chi connectivity index (χ1v) is 10.8. The number of halogens is 1. The van der Waals surface area contributed by atoms with E-state index in [2.05, 4.69) is 27.2 Å². The van der Waals surface area contributed by atoms with Crippen molar-refractivity contribution in [2.24, 2.45) is 20.7 Å². The second-order valence-corrected chi connectivity index (χ2v) is 7.37. The Morgan fingerprint density at radius 2 is 1.84 bits per heavy atom. The average Bonchev–Trinajstić information content (AvgIpc) is 2.76. The molecule has 0 radical (unpaired) electrons. The van der Waals surface area contributed by atoms with Gasteiger partial charge in [0.2, 0.25) is 0 Å². The Kier molecular flexibility index (Phi) is 10.0. The molecule has 2 rings (SSSR count). The second-order valence-electron chi connectivity index (χ2n) is 7.37. The lowest BCUT2D eigenvalue weighted by Gasteiger charge is -2.07. The molecule has 3 N–H and O–H groups in total. The molecule has 0 aliphatic rings. The minimum absolute atomic E-state index is 0.153. The molecule has 0 bridgehead atoms. The molecule has 2 aromatic carbocycles. The fraction of sp³-hybridized carbons (Fsp3) is 0.269. The summed E-state index contributed by atoms with van der Waals surface area (Å²) in [6, 6.07) is 13.0. The predicted molar refractivity (Wildman–Crippen MR) is 136 cm³/mol. The molecule has 168 valence electrons. The summed E-state index contributed by atoms with van der Waals surface area (Å²) in [5, 5.41) is 3.30. The second kappa shape index (κ2) is 13.0. The zero-order valence-electron chi connectivity index (χ0n) is 19.3. The van der Waals surface area contributed by atoms with Gasteiger partial charge in [0.15, 0.2) is 0 Å². The number of aliphatic imine (C=N–C) groups is 3. The van der Waals surface area contributed by atoms with Gasteiger partial charge < -0.3 is 11.1 Å². The molecule has 6 heteroatoms. The highest BCUT2D eigenvalue weighted by Gasteiger charge is 2.04. The number of allylic oxidation sites excluding steroid dienone is 3. The van der Waals surface area contributed by atoms with Gasteiger partial charge in [-0.1, -0.05) is 32.4 Å². The molecule has 0 aliphatic carbocycles. The molecule has 0 aliphatic heterocycles. The van der Waals surface area contributed by atoms with Crippen molar-refractivity contribution in [1.82, 2.24) is 0 Å². The van der Waals surface area contributed by atoms with Crippen LogP contribution in [0.25, 0.3) is 5.57 Å². The van der Waals surface area contributed by atoms with E-state index in [9.17, 15) is 4.39 Å². The third kappa shape index (κ3) is 8.30. The van der Waals surface area contributed by atoms with Gasteiger partial charge in [-0.2, -0.15) is 0 Å². The quantitative estimate of drug-likeness (QED) is 0.325. The lowest BCUT2D eigenvalue weighted by atomic mass is 10.0. The number of amidine groups is 1. The van der Waals surface area contributed by atoms with E-state index in [-0.39, 0.29) is 5.82 Å². The first kappa shape index (κ1) is 24.7. The van der Waals surface area contributed by atoms with E-state index in [0.29, 0.717) is 5.84 Å². The number of hydrogen-bond donors (Lipinski definition) is 2. The van der Waals surface area contributed by atoms with Gasteiger partial charge in [-0.05, 0) is 85.9 Å². The highest BCUT2D eigenvalue weighted by molar-refractivity contribution is 5.86. The minimum Gasteiger partial charge on any atom is -0.387 e. The van der Waals surface area contributed by atoms with E-state index >= 15 is 0 Å². The maximum Gasteiger partial charge on any atom is 0.127 e. The van der Waals surface area contributed by atoms with Gasteiger partial charge >= 0.3 is 0 Å². The van der Waals surface area contributed by atoms with Crippen molar-refractivity contribution in [2.45, 2.75) is 47.0 Å². The van der Waals surface area contributed by atoms with Crippen LogP contribution in [-0.4, -0.2) is 18.4 Å². The van der Waals surface area contributed by atoms with Crippen LogP contribution in [-0.2, 0) is 6.42 Å². The summed E-state index contributed by atoms with van der Waals surface area (Å²) >= 11 is 0. The molecule has 0 saturated carbocycles. The molecular formula is C26H32FN5. The van der Waals surface area contributed by atoms with Crippen molar-refractivity contribution >= 4 is 35.3 Å². The van der Waals surface area contributed by atoms with Crippen LogP contribution in [0.4, 0.5) is 15.8 Å². The van der Waals surface area contributed by atoms with Crippen LogP contribution in [0.15, 0.2) is 75.4 Å². The van der Waals surface area contributed by atoms with E-state index in [1.165, 1.54) is 6.34 Å². The van der Waals surface area contributed by atoms with Gasteiger partial charge in [-0.25, -0.2) is 19.4 Å². The summed E-state index contributed by atoms with van der Waals surface area (Å²) in [4.78, 5) is 12.7. The van der Waals surface area contributed by atoms with Crippen LogP contribution < -0.4 is 11.1 Å². The normalized spacial score (nSPS) is 13.3. The van der Waals surface area contributed by atoms with Crippen molar-refractivity contribution < 1.29 is 4.39 Å². The zero-order valence-corrected chi connectivity index (χ0v) is 19.3. The molecule has 0 heterocycles. The topological polar surface area (TPSA) is 75.1 Å². The molecule has 0 amide bonds. The van der Waals surface area contributed by atoms with E-state index in [4.69, 9.17) is 5.73 Å². The van der Waals surface area contributed by atoms with Gasteiger partial charge in [0.1, 0.15) is 18.0 Å². The van der Waals surface area contributed by atoms with Gasteiger partial charge in [0.25, 0.3) is 0 Å². The van der Waals surface area contributed by atoms with Crippen LogP contribution in [0.5, 0.6) is 0 Å². The molecule has 2 aromatic rings. The predicted octanol–water partition coefficient (Wildman–Crippen LogP) is 6.65. The van der Waals surface area contributed by atoms with Crippen LogP contribution in [0.1, 0.15) is 51.7 Å². The fourth-order valence-corrected chi connectivity index (χ4v) is 2.88. The first-order valence-electron chi connectivity index (χ1n) is 10.8. The Balaban J connectivity index is 2.06. The van der Waals surface area contributed by atoms with Crippen molar-refractivity contribution in [3.63, 3.8) is 0 Å². The molecule has 0 unspecified atom stereocenters. The standard InChI is InChI=1S/C26H32FN5/c1-5-7-21-9-10-22(17-25(21)27)19(3)15-16-29-26(8-6-2)32-24-13-11-23(12-14-24)31-18-30-20(4)28/h8-18,32H,5-7H2,1-4H3,(H2,28,30,31)/b19-15+,26-8-,29-16-.